The van der Waals surface area contributed by atoms with E-state index in [1.165, 1.54) is 12.0 Å². The Kier molecular flexibility index (Phi) is 0.662. The summed E-state index contributed by atoms with van der Waals surface area (Å²) in [5.41, 5.74) is 3.19. The summed E-state index contributed by atoms with van der Waals surface area (Å²) < 4.78 is 0. The number of rotatable bonds is 0. The molecule has 8 heavy (non-hydrogen) atoms. The molecule has 2 fully saturated rings. The van der Waals surface area contributed by atoms with Crippen LogP contribution in [0.15, 0.2) is 11.1 Å². The van der Waals surface area contributed by atoms with Crippen molar-refractivity contribution in [1.29, 1.82) is 0 Å². The molecule has 1 heterocycles. The summed E-state index contributed by atoms with van der Waals surface area (Å²) in [6.07, 6.45) is 1.33. The van der Waals surface area contributed by atoms with Crippen LogP contribution >= 0.6 is 0 Å². The second kappa shape index (κ2) is 1.16. The lowest BCUT2D eigenvalue weighted by Gasteiger charge is -2.13. The Labute approximate surface area is 49.8 Å². The molecule has 0 aromatic heterocycles. The predicted octanol–water partition coefficient (Wildman–Crippen LogP) is 1.07. The second-order valence-electron chi connectivity index (χ2n) is 2.98. The molecule has 0 bridgehead atoms. The van der Waals surface area contributed by atoms with Crippen LogP contribution < -0.4 is 5.32 Å². The van der Waals surface area contributed by atoms with Gasteiger partial charge in [-0.1, -0.05) is 11.1 Å². The molecule has 0 aromatic rings. The fourth-order valence-corrected chi connectivity index (χ4v) is 1.41. The molecule has 2 atom stereocenters. The molecule has 0 amide bonds. The van der Waals surface area contributed by atoms with E-state index in [1.54, 1.807) is 5.57 Å². The van der Waals surface area contributed by atoms with Crippen molar-refractivity contribution in [2.45, 2.75) is 32.4 Å². The first-order chi connectivity index (χ1) is 3.79. The first kappa shape index (κ1) is 4.57. The number of fused-ring (bicyclic) bond motifs is 1. The van der Waals surface area contributed by atoms with Gasteiger partial charge in [-0.15, -0.1) is 0 Å². The Bertz CT molecular complexity index is 154. The molecule has 2 unspecified atom stereocenters. The van der Waals surface area contributed by atoms with Crippen molar-refractivity contribution < 1.29 is 0 Å². The van der Waals surface area contributed by atoms with E-state index in [9.17, 15) is 0 Å². The van der Waals surface area contributed by atoms with E-state index in [2.05, 4.69) is 19.2 Å². The zero-order valence-electron chi connectivity index (χ0n) is 5.36. The minimum atomic E-state index is 0.819. The standard InChI is InChI=1S/C7H11N/c1-4(2)5-3-6-7(5)8-6/h6-8H,3H2,1-2H3. The minimum Gasteiger partial charge on any atom is -0.304 e. The monoisotopic (exact) mass is 109 g/mol. The summed E-state index contributed by atoms with van der Waals surface area (Å²) in [7, 11) is 0. The van der Waals surface area contributed by atoms with Gasteiger partial charge in [-0.25, -0.2) is 0 Å². The van der Waals surface area contributed by atoms with E-state index in [0.29, 0.717) is 0 Å². The molecule has 1 aliphatic carbocycles. The van der Waals surface area contributed by atoms with E-state index in [-0.39, 0.29) is 0 Å². The lowest BCUT2D eigenvalue weighted by atomic mass is 9.89. The second-order valence-corrected chi connectivity index (χ2v) is 2.98. The van der Waals surface area contributed by atoms with Crippen molar-refractivity contribution >= 4 is 0 Å². The van der Waals surface area contributed by atoms with Crippen LogP contribution in [0.25, 0.3) is 0 Å². The van der Waals surface area contributed by atoms with Gasteiger partial charge in [0.15, 0.2) is 0 Å². The van der Waals surface area contributed by atoms with Crippen molar-refractivity contribution in [3.05, 3.63) is 11.1 Å². The molecule has 0 radical (unpaired) electrons. The highest BCUT2D eigenvalue weighted by molar-refractivity contribution is 5.38. The highest BCUT2D eigenvalue weighted by Crippen LogP contribution is 2.40. The van der Waals surface area contributed by atoms with E-state index < -0.39 is 0 Å². The lowest BCUT2D eigenvalue weighted by Crippen LogP contribution is -2.13. The highest BCUT2D eigenvalue weighted by atomic mass is 15.2. The van der Waals surface area contributed by atoms with Crippen LogP contribution in [0.1, 0.15) is 20.3 Å². The average molecular weight is 109 g/mol. The van der Waals surface area contributed by atoms with Crippen LogP contribution in [0, 0.1) is 0 Å². The number of nitrogens with one attached hydrogen (secondary N) is 1. The van der Waals surface area contributed by atoms with Crippen LogP contribution in [0.5, 0.6) is 0 Å². The van der Waals surface area contributed by atoms with Gasteiger partial charge in [-0.05, 0) is 20.3 Å². The van der Waals surface area contributed by atoms with Crippen LogP contribution in [0.2, 0.25) is 0 Å². The van der Waals surface area contributed by atoms with E-state index >= 15 is 0 Å². The molecule has 1 saturated carbocycles. The summed E-state index contributed by atoms with van der Waals surface area (Å²) in [6.45, 7) is 4.40. The Morgan fingerprint density at radius 3 is 2.50 bits per heavy atom. The molecule has 2 aliphatic rings. The maximum Gasteiger partial charge on any atom is 0.0444 e. The van der Waals surface area contributed by atoms with Gasteiger partial charge in [0.05, 0.1) is 0 Å². The molecular weight excluding hydrogens is 98.1 g/mol. The quantitative estimate of drug-likeness (QED) is 0.364. The fraction of sp³-hybridized carbons (Fsp3) is 0.714. The normalized spacial score (nSPS) is 40.5. The Balaban J connectivity index is 2.20. The van der Waals surface area contributed by atoms with Gasteiger partial charge < -0.3 is 5.32 Å². The zero-order chi connectivity index (χ0) is 5.72. The predicted molar refractivity (Wildman–Crippen MR) is 33.7 cm³/mol. The summed E-state index contributed by atoms with van der Waals surface area (Å²) in [5.74, 6) is 0. The van der Waals surface area contributed by atoms with Crippen molar-refractivity contribution in [1.82, 2.24) is 5.32 Å². The van der Waals surface area contributed by atoms with E-state index in [4.69, 9.17) is 0 Å². The van der Waals surface area contributed by atoms with Crippen molar-refractivity contribution in [2.24, 2.45) is 0 Å². The topological polar surface area (TPSA) is 21.9 Å². The maximum absolute atomic E-state index is 3.38. The molecule has 1 nitrogen and oxygen atoms in total. The first-order valence-corrected chi connectivity index (χ1v) is 3.21. The minimum absolute atomic E-state index is 0.819. The third-order valence-corrected chi connectivity index (χ3v) is 2.14. The molecule has 2 rings (SSSR count). The number of allylic oxidation sites excluding steroid dienone is 1. The first-order valence-electron chi connectivity index (χ1n) is 3.21. The molecule has 1 heteroatoms. The number of hydrogen-bond acceptors (Lipinski definition) is 1. The van der Waals surface area contributed by atoms with Crippen molar-refractivity contribution in [2.75, 3.05) is 0 Å². The molecule has 0 spiro atoms. The van der Waals surface area contributed by atoms with Gasteiger partial charge in [0.25, 0.3) is 0 Å². The summed E-state index contributed by atoms with van der Waals surface area (Å²) >= 11 is 0. The molecule has 0 aromatic carbocycles. The van der Waals surface area contributed by atoms with Gasteiger partial charge in [0, 0.05) is 12.1 Å². The van der Waals surface area contributed by atoms with Gasteiger partial charge in [-0.2, -0.15) is 0 Å². The lowest BCUT2D eigenvalue weighted by molar-refractivity contribution is 0.767. The van der Waals surface area contributed by atoms with Gasteiger partial charge in [-0.3, -0.25) is 0 Å². The third-order valence-electron chi connectivity index (χ3n) is 2.14. The zero-order valence-corrected chi connectivity index (χ0v) is 5.36. The summed E-state index contributed by atoms with van der Waals surface area (Å²) in [5, 5.41) is 3.38. The smallest absolute Gasteiger partial charge is 0.0444 e. The Hall–Kier alpha value is -0.300. The summed E-state index contributed by atoms with van der Waals surface area (Å²) in [6, 6.07) is 1.71. The van der Waals surface area contributed by atoms with Crippen LogP contribution in [0.4, 0.5) is 0 Å². The van der Waals surface area contributed by atoms with Gasteiger partial charge in [0.1, 0.15) is 0 Å². The summed E-state index contributed by atoms with van der Waals surface area (Å²) in [4.78, 5) is 0. The van der Waals surface area contributed by atoms with Crippen molar-refractivity contribution in [3.8, 4) is 0 Å². The third kappa shape index (κ3) is 0.402. The largest absolute Gasteiger partial charge is 0.304 e. The van der Waals surface area contributed by atoms with E-state index in [0.717, 1.165) is 12.1 Å². The fourth-order valence-electron chi connectivity index (χ4n) is 1.41. The maximum atomic E-state index is 3.38. The average Bonchev–Trinajstić information content (AvgIpc) is 2.13. The van der Waals surface area contributed by atoms with Crippen LogP contribution in [-0.4, -0.2) is 12.1 Å². The highest BCUT2D eigenvalue weighted by Gasteiger charge is 2.49. The molecule has 1 saturated heterocycles. The molecule has 1 aliphatic heterocycles. The SMILES string of the molecule is CC(C)=C1CC2NC12. The van der Waals surface area contributed by atoms with E-state index in [1.807, 2.05) is 0 Å². The molecule has 1 N–H and O–H groups in total. The Morgan fingerprint density at radius 2 is 2.38 bits per heavy atom. The van der Waals surface area contributed by atoms with Crippen molar-refractivity contribution in [3.63, 3.8) is 0 Å². The number of hydrogen-bond donors (Lipinski definition) is 1. The van der Waals surface area contributed by atoms with Crippen LogP contribution in [0.3, 0.4) is 0 Å². The Morgan fingerprint density at radius 1 is 1.62 bits per heavy atom. The van der Waals surface area contributed by atoms with Gasteiger partial charge >= 0.3 is 0 Å². The molecule has 44 valence electrons. The molecular formula is C7H11N. The van der Waals surface area contributed by atoms with Gasteiger partial charge in [0.2, 0.25) is 0 Å². The van der Waals surface area contributed by atoms with Crippen LogP contribution in [-0.2, 0) is 0 Å².